The van der Waals surface area contributed by atoms with Crippen molar-refractivity contribution in [1.29, 1.82) is 0 Å². The van der Waals surface area contributed by atoms with E-state index in [0.29, 0.717) is 11.1 Å². The van der Waals surface area contributed by atoms with Crippen LogP contribution in [0.5, 0.6) is 0 Å². The number of anilines is 2. The quantitative estimate of drug-likeness (QED) is 0.704. The summed E-state index contributed by atoms with van der Waals surface area (Å²) >= 11 is 5.94. The van der Waals surface area contributed by atoms with Gasteiger partial charge >= 0.3 is 0 Å². The maximum atomic E-state index is 5.94. The highest BCUT2D eigenvalue weighted by molar-refractivity contribution is 6.30. The van der Waals surface area contributed by atoms with Crippen LogP contribution in [-0.4, -0.2) is 31.6 Å². The molecule has 1 unspecified atom stereocenters. The number of H-pyrrole nitrogens is 1. The summed E-state index contributed by atoms with van der Waals surface area (Å²) < 4.78 is 0. The second-order valence-corrected chi connectivity index (χ2v) is 7.04. The van der Waals surface area contributed by atoms with Crippen LogP contribution in [0.2, 0.25) is 5.02 Å². The molecule has 26 heavy (non-hydrogen) atoms. The summed E-state index contributed by atoms with van der Waals surface area (Å²) in [6.07, 6.45) is 3.97. The molecule has 3 aromatic rings. The Bertz CT molecular complexity index is 876. The van der Waals surface area contributed by atoms with Crippen molar-refractivity contribution in [1.82, 2.24) is 25.1 Å². The average Bonchev–Trinajstić information content (AvgIpc) is 3.26. The molecule has 0 saturated carbocycles. The standard InChI is InChI=1S/C19H21ClN6/c1-13-10-19(25-24-13)23-18-6-2-4-16(22-18)17-5-3-9-26(17)12-15-8-7-14(20)11-21-15/h2,4,6-8,10-11,17H,3,5,9,12H2,1H3,(H2,22,23,24,25). The Kier molecular flexibility index (Phi) is 4.86. The third-order valence-electron chi connectivity index (χ3n) is 4.59. The van der Waals surface area contributed by atoms with E-state index < -0.39 is 0 Å². The molecule has 3 aromatic heterocycles. The molecule has 4 heterocycles. The van der Waals surface area contributed by atoms with Crippen LogP contribution in [-0.2, 0) is 6.54 Å². The van der Waals surface area contributed by atoms with Crippen LogP contribution in [0, 0.1) is 6.92 Å². The zero-order valence-electron chi connectivity index (χ0n) is 14.6. The normalized spacial score (nSPS) is 17.5. The molecule has 1 saturated heterocycles. The van der Waals surface area contributed by atoms with Crippen LogP contribution in [0.3, 0.4) is 0 Å². The number of pyridine rings is 2. The zero-order chi connectivity index (χ0) is 17.9. The van der Waals surface area contributed by atoms with Gasteiger partial charge in [0, 0.05) is 24.5 Å². The van der Waals surface area contributed by atoms with E-state index in [0.717, 1.165) is 54.6 Å². The van der Waals surface area contributed by atoms with E-state index in [1.165, 1.54) is 0 Å². The van der Waals surface area contributed by atoms with Crippen molar-refractivity contribution in [2.24, 2.45) is 0 Å². The number of aromatic nitrogens is 4. The van der Waals surface area contributed by atoms with Crippen molar-refractivity contribution in [3.05, 3.63) is 64.7 Å². The lowest BCUT2D eigenvalue weighted by atomic mass is 10.1. The Labute approximate surface area is 157 Å². The number of nitrogens with one attached hydrogen (secondary N) is 2. The van der Waals surface area contributed by atoms with Crippen LogP contribution < -0.4 is 5.32 Å². The fraction of sp³-hybridized carbons (Fsp3) is 0.316. The second kappa shape index (κ2) is 7.43. The third kappa shape index (κ3) is 3.86. The minimum absolute atomic E-state index is 0.301. The average molecular weight is 369 g/mol. The van der Waals surface area contributed by atoms with Gasteiger partial charge in [0.1, 0.15) is 5.82 Å². The van der Waals surface area contributed by atoms with E-state index in [1.807, 2.05) is 37.3 Å². The molecule has 1 aliphatic rings. The van der Waals surface area contributed by atoms with E-state index in [1.54, 1.807) is 6.20 Å². The molecule has 1 fully saturated rings. The lowest BCUT2D eigenvalue weighted by Gasteiger charge is -2.24. The molecule has 7 heteroatoms. The minimum Gasteiger partial charge on any atom is -0.323 e. The fourth-order valence-corrected chi connectivity index (χ4v) is 3.49. The van der Waals surface area contributed by atoms with Gasteiger partial charge in [-0.3, -0.25) is 15.0 Å². The summed E-state index contributed by atoms with van der Waals surface area (Å²) in [6, 6.07) is 12.2. The highest BCUT2D eigenvalue weighted by Crippen LogP contribution is 2.32. The molecule has 0 amide bonds. The molecule has 0 radical (unpaired) electrons. The first-order valence-electron chi connectivity index (χ1n) is 8.78. The topological polar surface area (TPSA) is 69.7 Å². The van der Waals surface area contributed by atoms with E-state index in [9.17, 15) is 0 Å². The van der Waals surface area contributed by atoms with Crippen molar-refractivity contribution < 1.29 is 0 Å². The van der Waals surface area contributed by atoms with Crippen LogP contribution in [0.15, 0.2) is 42.6 Å². The van der Waals surface area contributed by atoms with E-state index in [2.05, 4.69) is 31.5 Å². The van der Waals surface area contributed by atoms with Gasteiger partial charge in [-0.25, -0.2) is 4.98 Å². The first kappa shape index (κ1) is 17.0. The third-order valence-corrected chi connectivity index (χ3v) is 4.82. The lowest BCUT2D eigenvalue weighted by molar-refractivity contribution is 0.241. The molecule has 2 N–H and O–H groups in total. The Morgan fingerprint density at radius 1 is 1.27 bits per heavy atom. The van der Waals surface area contributed by atoms with Gasteiger partial charge in [0.15, 0.2) is 5.82 Å². The molecular formula is C19H21ClN6. The van der Waals surface area contributed by atoms with E-state index in [-0.39, 0.29) is 0 Å². The molecular weight excluding hydrogens is 348 g/mol. The molecule has 134 valence electrons. The van der Waals surface area contributed by atoms with E-state index in [4.69, 9.17) is 16.6 Å². The summed E-state index contributed by atoms with van der Waals surface area (Å²) in [5.74, 6) is 1.59. The van der Waals surface area contributed by atoms with Crippen LogP contribution in [0.4, 0.5) is 11.6 Å². The molecule has 1 aliphatic heterocycles. The predicted molar refractivity (Wildman–Crippen MR) is 102 cm³/mol. The Morgan fingerprint density at radius 2 is 2.19 bits per heavy atom. The van der Waals surface area contributed by atoms with Gasteiger partial charge in [-0.2, -0.15) is 5.10 Å². The number of halogens is 1. The maximum absolute atomic E-state index is 5.94. The summed E-state index contributed by atoms with van der Waals surface area (Å²) in [5.41, 5.74) is 3.12. The SMILES string of the molecule is Cc1cc(Nc2cccc(C3CCCN3Cc3ccc(Cl)cn3)n2)n[nH]1. The molecule has 0 bridgehead atoms. The van der Waals surface area contributed by atoms with Gasteiger partial charge in [-0.15, -0.1) is 0 Å². The molecule has 1 atom stereocenters. The number of nitrogens with zero attached hydrogens (tertiary/aromatic N) is 4. The summed E-state index contributed by atoms with van der Waals surface area (Å²) in [5, 5.41) is 11.1. The summed E-state index contributed by atoms with van der Waals surface area (Å²) in [6.45, 7) is 3.83. The number of hydrogen-bond acceptors (Lipinski definition) is 5. The fourth-order valence-electron chi connectivity index (χ4n) is 3.38. The summed E-state index contributed by atoms with van der Waals surface area (Å²) in [7, 11) is 0. The molecule has 0 aliphatic carbocycles. The number of rotatable bonds is 5. The monoisotopic (exact) mass is 368 g/mol. The highest BCUT2D eigenvalue weighted by Gasteiger charge is 2.27. The second-order valence-electron chi connectivity index (χ2n) is 6.61. The van der Waals surface area contributed by atoms with Crippen molar-refractivity contribution in [2.45, 2.75) is 32.4 Å². The smallest absolute Gasteiger partial charge is 0.153 e. The molecule has 0 spiro atoms. The molecule has 6 nitrogen and oxygen atoms in total. The number of aromatic amines is 1. The van der Waals surface area contributed by atoms with Crippen molar-refractivity contribution in [2.75, 3.05) is 11.9 Å². The molecule has 0 aromatic carbocycles. The maximum Gasteiger partial charge on any atom is 0.153 e. The lowest BCUT2D eigenvalue weighted by Crippen LogP contribution is -2.24. The number of hydrogen-bond donors (Lipinski definition) is 2. The Balaban J connectivity index is 1.50. The number of aryl methyl sites for hydroxylation is 1. The Hall–Kier alpha value is -2.44. The Morgan fingerprint density at radius 3 is 2.96 bits per heavy atom. The van der Waals surface area contributed by atoms with Crippen LogP contribution in [0.1, 0.15) is 36.0 Å². The van der Waals surface area contributed by atoms with Gasteiger partial charge in [0.2, 0.25) is 0 Å². The predicted octanol–water partition coefficient (Wildman–Crippen LogP) is 4.24. The van der Waals surface area contributed by atoms with Crippen molar-refractivity contribution in [3.8, 4) is 0 Å². The molecule has 4 rings (SSSR count). The van der Waals surface area contributed by atoms with Crippen LogP contribution >= 0.6 is 11.6 Å². The van der Waals surface area contributed by atoms with Crippen molar-refractivity contribution >= 4 is 23.2 Å². The van der Waals surface area contributed by atoms with Gasteiger partial charge in [-0.05, 0) is 50.6 Å². The zero-order valence-corrected chi connectivity index (χ0v) is 15.4. The highest BCUT2D eigenvalue weighted by atomic mass is 35.5. The van der Waals surface area contributed by atoms with Crippen LogP contribution in [0.25, 0.3) is 0 Å². The number of likely N-dealkylation sites (tertiary alicyclic amines) is 1. The van der Waals surface area contributed by atoms with Gasteiger partial charge in [-0.1, -0.05) is 17.7 Å². The van der Waals surface area contributed by atoms with Gasteiger partial charge in [0.25, 0.3) is 0 Å². The summed E-state index contributed by atoms with van der Waals surface area (Å²) in [4.78, 5) is 11.7. The van der Waals surface area contributed by atoms with Gasteiger partial charge in [0.05, 0.1) is 22.5 Å². The first-order valence-corrected chi connectivity index (χ1v) is 9.16. The largest absolute Gasteiger partial charge is 0.323 e. The first-order chi connectivity index (χ1) is 12.7. The van der Waals surface area contributed by atoms with E-state index >= 15 is 0 Å². The minimum atomic E-state index is 0.301. The van der Waals surface area contributed by atoms with Gasteiger partial charge < -0.3 is 5.32 Å². The van der Waals surface area contributed by atoms with Crippen molar-refractivity contribution in [3.63, 3.8) is 0 Å².